The maximum absolute atomic E-state index is 15.2. The molecule has 0 radical (unpaired) electrons. The highest BCUT2D eigenvalue weighted by atomic mass is 32.1. The Morgan fingerprint density at radius 2 is 1.06 bits per heavy atom. The van der Waals surface area contributed by atoms with E-state index in [1.165, 1.54) is 89.7 Å². The molecule has 0 unspecified atom stereocenters. The summed E-state index contributed by atoms with van der Waals surface area (Å²) in [5.74, 6) is -10.5. The third-order valence-corrected chi connectivity index (χ3v) is 17.3. The highest BCUT2D eigenvalue weighted by Crippen LogP contribution is 2.26. The minimum absolute atomic E-state index is 0.0224. The fraction of sp³-hybridized carbons (Fsp3) is 0.788. The Labute approximate surface area is 560 Å². The minimum atomic E-state index is -1.65. The summed E-state index contributed by atoms with van der Waals surface area (Å²) in [5.41, 5.74) is 4.10. The number of amides is 11. The van der Waals surface area contributed by atoms with Crippen molar-refractivity contribution < 1.29 is 63.0 Å². The fourth-order valence-electron chi connectivity index (χ4n) is 11.5. The molecule has 1 heterocycles. The molecule has 12 atom stereocenters. The van der Waals surface area contributed by atoms with Crippen molar-refractivity contribution in [2.45, 2.75) is 241 Å². The monoisotopic (exact) mass is 1330 g/mol. The van der Waals surface area contributed by atoms with Gasteiger partial charge in [0, 0.05) is 62.3 Å². The maximum atomic E-state index is 15.2. The van der Waals surface area contributed by atoms with Crippen LogP contribution in [0.15, 0.2) is 12.2 Å². The number of nitrogens with two attached hydrogens (primary N) is 1. The number of aliphatic hydroxyl groups is 2. The van der Waals surface area contributed by atoms with Gasteiger partial charge in [0.05, 0.1) is 18.2 Å². The molecule has 11 amide bonds. The molecule has 0 bridgehead atoms. The van der Waals surface area contributed by atoms with Crippen LogP contribution >= 0.6 is 12.2 Å². The van der Waals surface area contributed by atoms with Crippen LogP contribution in [0.3, 0.4) is 0 Å². The SMILES string of the molecule is C/C=C/C[C@@H](C)[C@@H](O)[C@H]1C(=O)N[C@@H](CC)C(=O)N(C)CC(=O)N(C)[C@@H](CC(C)(C)O)C(=O)N[C@@H](C(C)C)C(=O)N(C)[C@@H](CC(C)C)C(=O)N[C@@H](CCCCNC(N)=S)C(=O)N[C@H](C)C(=O)N(C)[C@@H](CC(C)C)C(=O)N(C)[C@@H](CC(C)C)C(=O)N(C)[C@@H](C(C)C)C(=O)N1C. The van der Waals surface area contributed by atoms with E-state index < -0.39 is 161 Å². The minimum Gasteiger partial charge on any atom is -0.390 e. The van der Waals surface area contributed by atoms with Crippen LogP contribution in [0.25, 0.3) is 0 Å². The van der Waals surface area contributed by atoms with Gasteiger partial charge in [-0.05, 0) is 127 Å². The summed E-state index contributed by atoms with van der Waals surface area (Å²) in [4.78, 5) is 171. The topological polar surface area (TPSA) is 337 Å². The number of nitrogens with zero attached hydrogens (tertiary/aromatic N) is 7. The Morgan fingerprint density at radius 1 is 0.591 bits per heavy atom. The molecule has 0 aromatic carbocycles. The van der Waals surface area contributed by atoms with Gasteiger partial charge in [-0.1, -0.05) is 95.2 Å². The number of carbonyl (C=O) groups is 11. The zero-order valence-electron chi connectivity index (χ0n) is 60.2. The molecule has 0 aromatic rings. The van der Waals surface area contributed by atoms with Gasteiger partial charge in [0.25, 0.3) is 0 Å². The van der Waals surface area contributed by atoms with Crippen molar-refractivity contribution >= 4 is 82.3 Å². The second kappa shape index (κ2) is 38.8. The summed E-state index contributed by atoms with van der Waals surface area (Å²) in [6.07, 6.45) is 3.14. The molecule has 0 saturated carbocycles. The molecule has 0 spiro atoms. The summed E-state index contributed by atoms with van der Waals surface area (Å²) < 4.78 is 0. The molecule has 1 fully saturated rings. The van der Waals surface area contributed by atoms with E-state index in [4.69, 9.17) is 18.0 Å². The first-order chi connectivity index (χ1) is 42.9. The zero-order chi connectivity index (χ0) is 72.0. The first kappa shape index (κ1) is 84.5. The van der Waals surface area contributed by atoms with E-state index >= 15 is 14.4 Å². The number of hydrogen-bond acceptors (Lipinski definition) is 14. The molecule has 26 nitrogen and oxygen atoms in total. The first-order valence-electron chi connectivity index (χ1n) is 33.0. The quantitative estimate of drug-likeness (QED) is 0.0493. The molecule has 1 saturated heterocycles. The predicted octanol–water partition coefficient (Wildman–Crippen LogP) is 2.37. The van der Waals surface area contributed by atoms with Crippen LogP contribution in [-0.2, 0) is 52.7 Å². The first-order valence-corrected chi connectivity index (χ1v) is 33.4. The van der Waals surface area contributed by atoms with Crippen LogP contribution in [-0.4, -0.2) is 249 Å². The predicted molar refractivity (Wildman–Crippen MR) is 363 cm³/mol. The van der Waals surface area contributed by atoms with Gasteiger partial charge in [0.2, 0.25) is 65.0 Å². The maximum Gasteiger partial charge on any atom is 0.246 e. The molecule has 93 heavy (non-hydrogen) atoms. The summed E-state index contributed by atoms with van der Waals surface area (Å²) in [5, 5.41) is 37.4. The number of unbranched alkanes of at least 4 members (excludes halogenated alkanes) is 1. The van der Waals surface area contributed by atoms with Crippen molar-refractivity contribution in [3.05, 3.63) is 12.2 Å². The lowest BCUT2D eigenvalue weighted by atomic mass is 9.91. The summed E-state index contributed by atoms with van der Waals surface area (Å²) >= 11 is 4.97. The van der Waals surface area contributed by atoms with Crippen LogP contribution in [0.5, 0.6) is 0 Å². The molecular weight excluding hydrogens is 1210 g/mol. The number of hydrogen-bond donors (Lipinski definition) is 8. The number of aliphatic hydroxyl groups excluding tert-OH is 1. The molecule has 1 aliphatic heterocycles. The highest BCUT2D eigenvalue weighted by molar-refractivity contribution is 7.80. The van der Waals surface area contributed by atoms with E-state index in [0.29, 0.717) is 19.4 Å². The Morgan fingerprint density at radius 3 is 1.54 bits per heavy atom. The molecule has 1 rings (SSSR count). The molecule has 1 aliphatic rings. The second-order valence-corrected chi connectivity index (χ2v) is 28.5. The Balaban J connectivity index is 4.48. The number of allylic oxidation sites excluding steroid dienone is 2. The van der Waals surface area contributed by atoms with E-state index in [0.717, 1.165) is 14.7 Å². The van der Waals surface area contributed by atoms with Crippen molar-refractivity contribution in [2.24, 2.45) is 41.2 Å². The standard InChI is InChI=1S/C66H119N13O13S/c1-24-26-29-42(13)54(81)53-58(85)70-44(25-2)60(87)73(17)36-50(80)74(18)49(35-66(15,16)92)57(84)72-51(40(9)10)63(90)75(19)46(32-37(3)4)56(83)71-45(30-27-28-31-68-65(67)93)55(82)69-43(14)59(86)76(20)47(33-38(5)6)61(88)77(21)48(34-39(7)8)62(89)78(22)52(41(11)12)64(91)79(53)23/h24,26,37-49,51-54,81,92H,25,27-36H2,1-23H3,(H,69,82)(H,70,85)(H,71,83)(H,72,84)(H3,67,68,93)/b26-24+/t42-,43-,44+,45+,46+,47+,48+,49+,51+,52+,53+,54-/m1/s1. The Kier molecular flexibility index (Phi) is 35.2. The number of likely N-dealkylation sites (N-methyl/N-ethyl adjacent to an activating group) is 7. The van der Waals surface area contributed by atoms with E-state index in [9.17, 15) is 48.6 Å². The van der Waals surface area contributed by atoms with E-state index in [1.807, 2.05) is 41.5 Å². The van der Waals surface area contributed by atoms with E-state index in [-0.39, 0.29) is 67.8 Å². The normalized spacial score (nSPS) is 25.7. The van der Waals surface area contributed by atoms with Gasteiger partial charge in [-0.15, -0.1) is 0 Å². The van der Waals surface area contributed by atoms with Crippen LogP contribution in [0.2, 0.25) is 0 Å². The van der Waals surface area contributed by atoms with Crippen LogP contribution < -0.4 is 32.3 Å². The lowest BCUT2D eigenvalue weighted by molar-refractivity contribution is -0.157. The largest absolute Gasteiger partial charge is 0.390 e. The van der Waals surface area contributed by atoms with E-state index in [1.54, 1.807) is 60.6 Å². The Bertz CT molecular complexity index is 2580. The van der Waals surface area contributed by atoms with Gasteiger partial charge in [-0.25, -0.2) is 0 Å². The second-order valence-electron chi connectivity index (χ2n) is 28.1. The van der Waals surface area contributed by atoms with Crippen LogP contribution in [0.1, 0.15) is 169 Å². The molecule has 9 N–H and O–H groups in total. The van der Waals surface area contributed by atoms with Crippen molar-refractivity contribution in [1.29, 1.82) is 0 Å². The smallest absolute Gasteiger partial charge is 0.246 e. The van der Waals surface area contributed by atoms with Crippen molar-refractivity contribution in [3.8, 4) is 0 Å². The number of carbonyl (C=O) groups excluding carboxylic acids is 11. The number of rotatable bonds is 20. The van der Waals surface area contributed by atoms with Gasteiger partial charge in [0.15, 0.2) is 5.11 Å². The molecule has 0 aliphatic carbocycles. The molecular formula is C66H119N13O13S. The lowest BCUT2D eigenvalue weighted by Crippen LogP contribution is -2.63. The van der Waals surface area contributed by atoms with Gasteiger partial charge in [-0.3, -0.25) is 52.7 Å². The third kappa shape index (κ3) is 25.6. The lowest BCUT2D eigenvalue weighted by Gasteiger charge is -2.41. The number of thiocarbonyl (C=S) groups is 1. The van der Waals surface area contributed by atoms with Gasteiger partial charge >= 0.3 is 0 Å². The molecule has 532 valence electrons. The Hall–Kier alpha value is -6.48. The van der Waals surface area contributed by atoms with Gasteiger partial charge in [0.1, 0.15) is 60.4 Å². The molecule has 27 heteroatoms. The zero-order valence-corrected chi connectivity index (χ0v) is 61.1. The number of nitrogens with one attached hydrogen (secondary N) is 5. The molecule has 0 aromatic heterocycles. The van der Waals surface area contributed by atoms with Crippen molar-refractivity contribution in [2.75, 3.05) is 62.4 Å². The van der Waals surface area contributed by atoms with Gasteiger partial charge in [-0.2, -0.15) is 0 Å². The third-order valence-electron chi connectivity index (χ3n) is 17.2. The average molecular weight is 1330 g/mol. The highest BCUT2D eigenvalue weighted by Gasteiger charge is 2.46. The van der Waals surface area contributed by atoms with Crippen molar-refractivity contribution in [1.82, 2.24) is 60.9 Å². The average Bonchev–Trinajstić information content (AvgIpc) is 0.822. The van der Waals surface area contributed by atoms with E-state index in [2.05, 4.69) is 26.6 Å². The summed E-state index contributed by atoms with van der Waals surface area (Å²) in [7, 11) is 9.67. The fourth-order valence-corrected chi connectivity index (χ4v) is 11.6. The summed E-state index contributed by atoms with van der Waals surface area (Å²) in [6.45, 7) is 27.0. The van der Waals surface area contributed by atoms with Crippen molar-refractivity contribution in [3.63, 3.8) is 0 Å². The van der Waals surface area contributed by atoms with Crippen LogP contribution in [0.4, 0.5) is 0 Å². The van der Waals surface area contributed by atoms with Gasteiger partial charge < -0.3 is 76.8 Å². The summed E-state index contributed by atoms with van der Waals surface area (Å²) in [6, 6.07) is -13.2. The van der Waals surface area contributed by atoms with Crippen LogP contribution in [0, 0.1) is 35.5 Å².